The van der Waals surface area contributed by atoms with Gasteiger partial charge in [-0.25, -0.2) is 0 Å². The van der Waals surface area contributed by atoms with Crippen LogP contribution in [-0.4, -0.2) is 17.0 Å². The van der Waals surface area contributed by atoms with E-state index in [1.54, 1.807) is 13.8 Å². The lowest BCUT2D eigenvalue weighted by Gasteiger charge is -2.04. The van der Waals surface area contributed by atoms with Crippen LogP contribution in [0, 0.1) is 6.10 Å². The van der Waals surface area contributed by atoms with Crippen LogP contribution in [0.4, 0.5) is 0 Å². The van der Waals surface area contributed by atoms with Crippen molar-refractivity contribution in [3.05, 3.63) is 6.10 Å². The summed E-state index contributed by atoms with van der Waals surface area (Å²) >= 11 is 0. The number of carbonyl (C=O) groups excluding carboxylic acids is 1. The largest absolute Gasteiger partial charge is 0.481 e. The molecule has 0 heterocycles. The van der Waals surface area contributed by atoms with Gasteiger partial charge in [-0.3, -0.25) is 9.59 Å². The van der Waals surface area contributed by atoms with Crippen molar-refractivity contribution in [3.63, 3.8) is 0 Å². The number of hydrogen-bond donors (Lipinski definition) is 1. The smallest absolute Gasteiger partial charge is 0.307 e. The predicted molar refractivity (Wildman–Crippen MR) is 37.6 cm³/mol. The highest BCUT2D eigenvalue weighted by Gasteiger charge is 2.07. The number of carboxylic acids is 1. The van der Waals surface area contributed by atoms with Crippen LogP contribution in [0.1, 0.15) is 26.7 Å². The van der Waals surface area contributed by atoms with E-state index in [9.17, 15) is 9.59 Å². The third kappa shape index (κ3) is 6.83. The van der Waals surface area contributed by atoms with Crippen LogP contribution in [0.3, 0.4) is 0 Å². The van der Waals surface area contributed by atoms with E-state index in [0.717, 1.165) is 0 Å². The first kappa shape index (κ1) is 9.94. The molecular weight excluding hydrogens is 148 g/mol. The number of rotatable bonds is 4. The van der Waals surface area contributed by atoms with Crippen LogP contribution in [-0.2, 0) is 14.3 Å². The summed E-state index contributed by atoms with van der Waals surface area (Å²) in [6.45, 7) is 3.28. The van der Waals surface area contributed by atoms with E-state index in [4.69, 9.17) is 5.11 Å². The van der Waals surface area contributed by atoms with Crippen molar-refractivity contribution < 1.29 is 19.4 Å². The third-order valence-electron chi connectivity index (χ3n) is 0.861. The van der Waals surface area contributed by atoms with Gasteiger partial charge in [-0.15, -0.1) is 0 Å². The maximum Gasteiger partial charge on any atom is 0.307 e. The van der Waals surface area contributed by atoms with Gasteiger partial charge in [-0.05, 0) is 13.8 Å². The van der Waals surface area contributed by atoms with E-state index in [2.05, 4.69) is 4.74 Å². The fraction of sp³-hybridized carbons (Fsp3) is 0.571. The monoisotopic (exact) mass is 159 g/mol. The summed E-state index contributed by atoms with van der Waals surface area (Å²) in [5.74, 6) is -1.48. The quantitative estimate of drug-likeness (QED) is 0.620. The van der Waals surface area contributed by atoms with Crippen molar-refractivity contribution in [1.82, 2.24) is 0 Å². The SMILES string of the molecule is C[C](C)OC(=O)CCC(=O)O. The van der Waals surface area contributed by atoms with Gasteiger partial charge in [0.1, 0.15) is 6.10 Å². The van der Waals surface area contributed by atoms with Gasteiger partial charge in [0, 0.05) is 0 Å². The molecule has 4 nitrogen and oxygen atoms in total. The Bertz CT molecular complexity index is 151. The van der Waals surface area contributed by atoms with Crippen LogP contribution >= 0.6 is 0 Å². The molecule has 0 rings (SSSR count). The molecule has 0 aromatic carbocycles. The molecule has 0 saturated carbocycles. The molecule has 0 aromatic rings. The molecule has 4 heteroatoms. The number of carbonyl (C=O) groups is 2. The van der Waals surface area contributed by atoms with Crippen molar-refractivity contribution in [1.29, 1.82) is 0 Å². The average Bonchev–Trinajstić information content (AvgIpc) is 1.82. The Morgan fingerprint density at radius 2 is 1.82 bits per heavy atom. The van der Waals surface area contributed by atoms with Crippen LogP contribution in [0.25, 0.3) is 0 Å². The Kier molecular flexibility index (Phi) is 4.26. The number of ether oxygens (including phenoxy) is 1. The van der Waals surface area contributed by atoms with Crippen LogP contribution in [0.2, 0.25) is 0 Å². The zero-order valence-electron chi connectivity index (χ0n) is 6.59. The van der Waals surface area contributed by atoms with Crippen molar-refractivity contribution in [2.24, 2.45) is 0 Å². The lowest BCUT2D eigenvalue weighted by Crippen LogP contribution is -2.08. The molecule has 1 radical (unpaired) electrons. The molecule has 1 N–H and O–H groups in total. The highest BCUT2D eigenvalue weighted by atomic mass is 16.5. The van der Waals surface area contributed by atoms with Gasteiger partial charge in [0.05, 0.1) is 12.8 Å². The number of esters is 1. The second kappa shape index (κ2) is 4.71. The van der Waals surface area contributed by atoms with E-state index in [1.165, 1.54) is 0 Å². The maximum atomic E-state index is 10.7. The fourth-order valence-electron chi connectivity index (χ4n) is 0.488. The van der Waals surface area contributed by atoms with Gasteiger partial charge in [0.2, 0.25) is 0 Å². The molecule has 0 spiro atoms. The maximum absolute atomic E-state index is 10.7. The van der Waals surface area contributed by atoms with Gasteiger partial charge in [-0.1, -0.05) is 0 Å². The zero-order chi connectivity index (χ0) is 8.85. The van der Waals surface area contributed by atoms with E-state index >= 15 is 0 Å². The molecule has 0 saturated heterocycles. The Morgan fingerprint density at radius 3 is 2.18 bits per heavy atom. The average molecular weight is 159 g/mol. The first-order valence-corrected chi connectivity index (χ1v) is 3.25. The highest BCUT2D eigenvalue weighted by molar-refractivity contribution is 5.76. The normalized spacial score (nSPS) is 9.73. The second-order valence-electron chi connectivity index (χ2n) is 2.28. The number of carboxylic acid groups (broad SMARTS) is 1. The van der Waals surface area contributed by atoms with Crippen LogP contribution < -0.4 is 0 Å². The highest BCUT2D eigenvalue weighted by Crippen LogP contribution is 2.01. The van der Waals surface area contributed by atoms with Crippen molar-refractivity contribution in [3.8, 4) is 0 Å². The summed E-state index contributed by atoms with van der Waals surface area (Å²) in [5.41, 5.74) is 0. The number of aliphatic carboxylic acids is 1. The summed E-state index contributed by atoms with van der Waals surface area (Å²) in [7, 11) is 0. The molecule has 0 unspecified atom stereocenters. The van der Waals surface area contributed by atoms with Crippen LogP contribution in [0.15, 0.2) is 0 Å². The van der Waals surface area contributed by atoms with E-state index in [0.29, 0.717) is 6.10 Å². The lowest BCUT2D eigenvalue weighted by molar-refractivity contribution is -0.146. The Morgan fingerprint density at radius 1 is 1.27 bits per heavy atom. The topological polar surface area (TPSA) is 63.6 Å². The molecule has 0 aromatic heterocycles. The molecule has 11 heavy (non-hydrogen) atoms. The van der Waals surface area contributed by atoms with E-state index < -0.39 is 11.9 Å². The molecule has 0 aliphatic rings. The van der Waals surface area contributed by atoms with Crippen molar-refractivity contribution in [2.45, 2.75) is 26.7 Å². The molecule has 0 atom stereocenters. The first-order chi connectivity index (χ1) is 5.02. The Labute approximate surface area is 65.2 Å². The summed E-state index contributed by atoms with van der Waals surface area (Å²) in [6, 6.07) is 0. The summed E-state index contributed by atoms with van der Waals surface area (Å²) in [4.78, 5) is 20.6. The Balaban J connectivity index is 3.45. The molecule has 0 aliphatic heterocycles. The van der Waals surface area contributed by atoms with Gasteiger partial charge < -0.3 is 9.84 Å². The van der Waals surface area contributed by atoms with Gasteiger partial charge >= 0.3 is 11.9 Å². The summed E-state index contributed by atoms with van der Waals surface area (Å²) in [5, 5.41) is 8.18. The predicted octanol–water partition coefficient (Wildman–Crippen LogP) is 0.966. The molecule has 0 aliphatic carbocycles. The Hall–Kier alpha value is -1.06. The fourth-order valence-corrected chi connectivity index (χ4v) is 0.488. The van der Waals surface area contributed by atoms with E-state index in [-0.39, 0.29) is 12.8 Å². The van der Waals surface area contributed by atoms with Gasteiger partial charge in [-0.2, -0.15) is 0 Å². The first-order valence-electron chi connectivity index (χ1n) is 3.25. The summed E-state index contributed by atoms with van der Waals surface area (Å²) < 4.78 is 4.62. The lowest BCUT2D eigenvalue weighted by atomic mass is 10.3. The van der Waals surface area contributed by atoms with Crippen molar-refractivity contribution in [2.75, 3.05) is 0 Å². The zero-order valence-corrected chi connectivity index (χ0v) is 6.59. The second-order valence-corrected chi connectivity index (χ2v) is 2.28. The van der Waals surface area contributed by atoms with Crippen molar-refractivity contribution >= 4 is 11.9 Å². The number of hydrogen-bond acceptors (Lipinski definition) is 3. The third-order valence-corrected chi connectivity index (χ3v) is 0.861. The molecule has 0 amide bonds. The minimum atomic E-state index is -0.990. The van der Waals surface area contributed by atoms with Gasteiger partial charge in [0.15, 0.2) is 0 Å². The molecule has 63 valence electrons. The minimum Gasteiger partial charge on any atom is -0.481 e. The molecule has 0 fully saturated rings. The van der Waals surface area contributed by atoms with Gasteiger partial charge in [0.25, 0.3) is 0 Å². The summed E-state index contributed by atoms with van der Waals surface area (Å²) in [6.07, 6.45) is 0.285. The minimum absolute atomic E-state index is 0.0689. The molecule has 0 bridgehead atoms. The standard InChI is InChI=1S/C7H11O4/c1-5(2)11-7(10)4-3-6(8)9/h3-4H2,1-2H3,(H,8,9). The van der Waals surface area contributed by atoms with Crippen LogP contribution in [0.5, 0.6) is 0 Å². The van der Waals surface area contributed by atoms with E-state index in [1.807, 2.05) is 0 Å². The molecular formula is C7H11O4.